The Balaban J connectivity index is 1.80. The first kappa shape index (κ1) is 22.8. The van der Waals surface area contributed by atoms with Crippen LogP contribution in [-0.4, -0.2) is 38.3 Å². The lowest BCUT2D eigenvalue weighted by Crippen LogP contribution is -3.11. The maximum Gasteiger partial charge on any atom is 0.573 e. The van der Waals surface area contributed by atoms with Crippen molar-refractivity contribution in [3.05, 3.63) is 52.5 Å². The molecule has 11 heteroatoms. The van der Waals surface area contributed by atoms with Crippen molar-refractivity contribution >= 4 is 46.4 Å². The lowest BCUT2D eigenvalue weighted by molar-refractivity contribution is -0.862. The lowest BCUT2D eigenvalue weighted by atomic mass is 10.3. The molecule has 2 rings (SSSR count). The molecule has 2 amide bonds. The molecule has 0 aliphatic heterocycles. The maximum atomic E-state index is 12.1. The molecule has 0 fully saturated rings. The van der Waals surface area contributed by atoms with Gasteiger partial charge in [0.05, 0.1) is 17.1 Å². The number of likely N-dealkylation sites (N-methyl/N-ethyl adjacent to an activating group) is 1. The number of benzene rings is 2. The first-order valence-electron chi connectivity index (χ1n) is 8.24. The quantitative estimate of drug-likeness (QED) is 0.607. The van der Waals surface area contributed by atoms with Crippen molar-refractivity contribution in [1.82, 2.24) is 0 Å². The van der Waals surface area contributed by atoms with E-state index in [4.69, 9.17) is 23.2 Å². The second-order valence-electron chi connectivity index (χ2n) is 6.11. The first-order valence-corrected chi connectivity index (χ1v) is 8.99. The van der Waals surface area contributed by atoms with Gasteiger partial charge in [-0.05, 0) is 42.5 Å². The fraction of sp³-hybridized carbons (Fsp3) is 0.222. The van der Waals surface area contributed by atoms with Gasteiger partial charge < -0.3 is 20.3 Å². The topological polar surface area (TPSA) is 71.9 Å². The number of alkyl halides is 3. The van der Waals surface area contributed by atoms with E-state index in [-0.39, 0.29) is 19.0 Å². The SMILES string of the molecule is C[NH+](CC(=O)Nc1ccc(OC(F)(F)F)cc1)CC(=O)Nc1ccc(Cl)c(Cl)c1. The molecule has 0 saturated heterocycles. The van der Waals surface area contributed by atoms with Crippen molar-refractivity contribution in [3.63, 3.8) is 0 Å². The lowest BCUT2D eigenvalue weighted by Gasteiger charge is -2.14. The molecule has 0 heterocycles. The molecule has 0 aliphatic rings. The Morgan fingerprint density at radius 1 is 0.931 bits per heavy atom. The smallest absolute Gasteiger partial charge is 0.406 e. The molecule has 0 aliphatic carbocycles. The van der Waals surface area contributed by atoms with Crippen LogP contribution in [0.5, 0.6) is 5.75 Å². The highest BCUT2D eigenvalue weighted by atomic mass is 35.5. The molecule has 0 aromatic heterocycles. The number of nitrogens with one attached hydrogen (secondary N) is 3. The van der Waals surface area contributed by atoms with Crippen LogP contribution in [0, 0.1) is 0 Å². The van der Waals surface area contributed by atoms with Gasteiger partial charge in [0.15, 0.2) is 13.1 Å². The second kappa shape index (κ2) is 9.82. The summed E-state index contributed by atoms with van der Waals surface area (Å²) >= 11 is 11.7. The van der Waals surface area contributed by atoms with Crippen molar-refractivity contribution in [2.45, 2.75) is 6.36 Å². The number of carbonyl (C=O) groups is 2. The highest BCUT2D eigenvalue weighted by Gasteiger charge is 2.31. The van der Waals surface area contributed by atoms with Crippen molar-refractivity contribution in [2.24, 2.45) is 0 Å². The van der Waals surface area contributed by atoms with E-state index in [0.29, 0.717) is 26.3 Å². The van der Waals surface area contributed by atoms with E-state index in [9.17, 15) is 22.8 Å². The molecule has 156 valence electrons. The van der Waals surface area contributed by atoms with Crippen LogP contribution in [0.3, 0.4) is 0 Å². The van der Waals surface area contributed by atoms with Crippen LogP contribution in [0.2, 0.25) is 10.0 Å². The Hall–Kier alpha value is -2.49. The van der Waals surface area contributed by atoms with E-state index in [1.165, 1.54) is 18.2 Å². The fourth-order valence-electron chi connectivity index (χ4n) is 2.33. The summed E-state index contributed by atoms with van der Waals surface area (Å²) in [6.45, 7) is -0.0262. The Labute approximate surface area is 174 Å². The predicted octanol–water partition coefficient (Wildman–Crippen LogP) is 2.98. The second-order valence-corrected chi connectivity index (χ2v) is 6.92. The Bertz CT molecular complexity index is 877. The van der Waals surface area contributed by atoms with Crippen LogP contribution in [0.1, 0.15) is 0 Å². The number of halogens is 5. The van der Waals surface area contributed by atoms with Crippen LogP contribution in [0.25, 0.3) is 0 Å². The minimum atomic E-state index is -4.78. The van der Waals surface area contributed by atoms with Gasteiger partial charge >= 0.3 is 6.36 Å². The highest BCUT2D eigenvalue weighted by molar-refractivity contribution is 6.42. The number of anilines is 2. The van der Waals surface area contributed by atoms with Crippen molar-refractivity contribution in [2.75, 3.05) is 30.8 Å². The molecule has 1 unspecified atom stereocenters. The number of rotatable bonds is 7. The highest BCUT2D eigenvalue weighted by Crippen LogP contribution is 2.25. The van der Waals surface area contributed by atoms with Gasteiger partial charge in [0.1, 0.15) is 5.75 Å². The molecule has 3 N–H and O–H groups in total. The van der Waals surface area contributed by atoms with E-state index >= 15 is 0 Å². The first-order chi connectivity index (χ1) is 13.5. The largest absolute Gasteiger partial charge is 0.573 e. The van der Waals surface area contributed by atoms with Crippen LogP contribution in [0.4, 0.5) is 24.5 Å². The van der Waals surface area contributed by atoms with Crippen molar-refractivity contribution in [1.29, 1.82) is 0 Å². The summed E-state index contributed by atoms with van der Waals surface area (Å²) in [5.74, 6) is -1.13. The van der Waals surface area contributed by atoms with E-state index in [0.717, 1.165) is 12.1 Å². The van der Waals surface area contributed by atoms with E-state index < -0.39 is 18.0 Å². The van der Waals surface area contributed by atoms with Gasteiger partial charge in [-0.2, -0.15) is 0 Å². The molecule has 0 saturated carbocycles. The third-order valence-corrected chi connectivity index (χ3v) is 4.24. The van der Waals surface area contributed by atoms with Crippen LogP contribution >= 0.6 is 23.2 Å². The van der Waals surface area contributed by atoms with Gasteiger partial charge in [-0.1, -0.05) is 23.2 Å². The summed E-state index contributed by atoms with van der Waals surface area (Å²) in [6.07, 6.45) is -4.78. The average molecular weight is 451 g/mol. The molecule has 0 radical (unpaired) electrons. The van der Waals surface area contributed by atoms with Gasteiger partial charge in [-0.25, -0.2) is 0 Å². The molecule has 2 aromatic rings. The molecular weight excluding hydrogens is 434 g/mol. The Kier molecular flexibility index (Phi) is 7.72. The number of hydrogen-bond donors (Lipinski definition) is 3. The zero-order chi connectivity index (χ0) is 21.6. The van der Waals surface area contributed by atoms with Crippen molar-refractivity contribution in [3.8, 4) is 5.75 Å². The van der Waals surface area contributed by atoms with E-state index in [2.05, 4.69) is 15.4 Å². The normalized spacial score (nSPS) is 12.2. The number of hydrogen-bond acceptors (Lipinski definition) is 3. The van der Waals surface area contributed by atoms with Crippen LogP contribution in [-0.2, 0) is 9.59 Å². The molecular formula is C18H17Cl2F3N3O3+. The van der Waals surface area contributed by atoms with Crippen LogP contribution < -0.4 is 20.3 Å². The van der Waals surface area contributed by atoms with Gasteiger partial charge in [0.25, 0.3) is 11.8 Å². The van der Waals surface area contributed by atoms with E-state index in [1.54, 1.807) is 19.2 Å². The molecule has 1 atom stereocenters. The summed E-state index contributed by atoms with van der Waals surface area (Å²) in [4.78, 5) is 24.7. The standard InChI is InChI=1S/C18H16Cl2F3N3O3/c1-26(10-17(28)25-12-4-7-14(19)15(20)8-12)9-16(27)24-11-2-5-13(6-3-11)29-18(21,22)23/h2-8H,9-10H2,1H3,(H,24,27)(H,25,28)/p+1. The van der Waals surface area contributed by atoms with Gasteiger partial charge in [-0.15, -0.1) is 13.2 Å². The molecule has 0 spiro atoms. The minimum absolute atomic E-state index is 0.00598. The molecule has 0 bridgehead atoms. The summed E-state index contributed by atoms with van der Waals surface area (Å²) in [6, 6.07) is 9.40. The third kappa shape index (κ3) is 8.18. The van der Waals surface area contributed by atoms with E-state index in [1.807, 2.05) is 0 Å². The molecule has 6 nitrogen and oxygen atoms in total. The number of carbonyl (C=O) groups excluding carboxylic acids is 2. The summed E-state index contributed by atoms with van der Waals surface area (Å²) < 4.78 is 40.2. The average Bonchev–Trinajstić information content (AvgIpc) is 2.58. The fourth-order valence-corrected chi connectivity index (χ4v) is 2.63. The third-order valence-electron chi connectivity index (χ3n) is 3.50. The summed E-state index contributed by atoms with van der Waals surface area (Å²) in [5, 5.41) is 5.85. The monoisotopic (exact) mass is 450 g/mol. The van der Waals surface area contributed by atoms with Gasteiger partial charge in [0, 0.05) is 11.4 Å². The maximum absolute atomic E-state index is 12.1. The zero-order valence-corrected chi connectivity index (χ0v) is 16.6. The number of quaternary nitrogens is 1. The predicted molar refractivity (Wildman–Crippen MR) is 103 cm³/mol. The Morgan fingerprint density at radius 3 is 1.97 bits per heavy atom. The van der Waals surface area contributed by atoms with Gasteiger partial charge in [0.2, 0.25) is 0 Å². The zero-order valence-electron chi connectivity index (χ0n) is 15.1. The molecule has 2 aromatic carbocycles. The van der Waals surface area contributed by atoms with Crippen LogP contribution in [0.15, 0.2) is 42.5 Å². The molecule has 29 heavy (non-hydrogen) atoms. The van der Waals surface area contributed by atoms with Gasteiger partial charge in [-0.3, -0.25) is 9.59 Å². The Morgan fingerprint density at radius 2 is 1.45 bits per heavy atom. The number of amides is 2. The van der Waals surface area contributed by atoms with Crippen molar-refractivity contribution < 1.29 is 32.4 Å². The summed E-state index contributed by atoms with van der Waals surface area (Å²) in [5.41, 5.74) is 0.778. The number of ether oxygens (including phenoxy) is 1. The minimum Gasteiger partial charge on any atom is -0.406 e. The summed E-state index contributed by atoms with van der Waals surface area (Å²) in [7, 11) is 1.65.